The lowest BCUT2D eigenvalue weighted by atomic mass is 9.76. The van der Waals surface area contributed by atoms with E-state index in [9.17, 15) is 0 Å². The Balaban J connectivity index is 2.06. The Labute approximate surface area is 74.1 Å². The molecule has 4 unspecified atom stereocenters. The van der Waals surface area contributed by atoms with Crippen LogP contribution in [0.4, 0.5) is 0 Å². The van der Waals surface area contributed by atoms with Gasteiger partial charge >= 0.3 is 0 Å². The Morgan fingerprint density at radius 1 is 1.42 bits per heavy atom. The molecule has 2 aliphatic carbocycles. The molecule has 3 N–H and O–H groups in total. The summed E-state index contributed by atoms with van der Waals surface area (Å²) in [4.78, 5) is 0. The molecule has 2 nitrogen and oxygen atoms in total. The van der Waals surface area contributed by atoms with Crippen LogP contribution in [0.1, 0.15) is 32.6 Å². The SMILES string of the molecule is CC(N)(CO)C1CC2CCC1C2. The monoisotopic (exact) mass is 169 g/mol. The standard InChI is InChI=1S/C10H19NO/c1-10(11,6-12)9-5-7-2-3-8(9)4-7/h7-9,12H,2-6,11H2,1H3. The molecule has 2 bridgehead atoms. The molecule has 0 saturated heterocycles. The van der Waals surface area contributed by atoms with Crippen LogP contribution in [0.2, 0.25) is 0 Å². The van der Waals surface area contributed by atoms with Gasteiger partial charge in [0.05, 0.1) is 6.61 Å². The van der Waals surface area contributed by atoms with Gasteiger partial charge in [0.25, 0.3) is 0 Å². The highest BCUT2D eigenvalue weighted by Crippen LogP contribution is 2.51. The first-order chi connectivity index (χ1) is 5.63. The van der Waals surface area contributed by atoms with Gasteiger partial charge in [-0.3, -0.25) is 0 Å². The zero-order valence-corrected chi connectivity index (χ0v) is 7.79. The maximum Gasteiger partial charge on any atom is 0.0611 e. The van der Waals surface area contributed by atoms with Crippen LogP contribution in [0.25, 0.3) is 0 Å². The quantitative estimate of drug-likeness (QED) is 0.651. The molecule has 0 radical (unpaired) electrons. The Kier molecular flexibility index (Phi) is 1.92. The van der Waals surface area contributed by atoms with Gasteiger partial charge in [-0.1, -0.05) is 6.42 Å². The molecule has 2 aliphatic rings. The van der Waals surface area contributed by atoms with Gasteiger partial charge in [0.2, 0.25) is 0 Å². The number of hydrogen-bond acceptors (Lipinski definition) is 2. The van der Waals surface area contributed by atoms with Crippen LogP contribution in [0, 0.1) is 17.8 Å². The van der Waals surface area contributed by atoms with E-state index in [1.807, 2.05) is 6.92 Å². The van der Waals surface area contributed by atoms with Crippen LogP contribution < -0.4 is 5.73 Å². The average molecular weight is 169 g/mol. The highest BCUT2D eigenvalue weighted by Gasteiger charge is 2.46. The number of nitrogens with two attached hydrogens (primary N) is 1. The maximum absolute atomic E-state index is 9.16. The lowest BCUT2D eigenvalue weighted by Gasteiger charge is -2.35. The van der Waals surface area contributed by atoms with Crippen molar-refractivity contribution in [2.45, 2.75) is 38.1 Å². The molecular weight excluding hydrogens is 150 g/mol. The summed E-state index contributed by atoms with van der Waals surface area (Å²) in [6.07, 6.45) is 5.39. The molecule has 0 aromatic rings. The lowest BCUT2D eigenvalue weighted by Crippen LogP contribution is -2.49. The summed E-state index contributed by atoms with van der Waals surface area (Å²) in [5.41, 5.74) is 5.74. The normalized spacial score (nSPS) is 44.8. The predicted octanol–water partition coefficient (Wildman–Crippen LogP) is 1.13. The van der Waals surface area contributed by atoms with Gasteiger partial charge in [-0.15, -0.1) is 0 Å². The topological polar surface area (TPSA) is 46.2 Å². The van der Waals surface area contributed by atoms with E-state index in [0.29, 0.717) is 5.92 Å². The van der Waals surface area contributed by atoms with E-state index >= 15 is 0 Å². The number of hydrogen-bond donors (Lipinski definition) is 2. The number of fused-ring (bicyclic) bond motifs is 2. The fourth-order valence-corrected chi connectivity index (χ4v) is 3.17. The Morgan fingerprint density at radius 3 is 2.58 bits per heavy atom. The van der Waals surface area contributed by atoms with Gasteiger partial charge in [-0.25, -0.2) is 0 Å². The average Bonchev–Trinajstić information content (AvgIpc) is 2.64. The zero-order chi connectivity index (χ0) is 8.77. The van der Waals surface area contributed by atoms with Crippen molar-refractivity contribution in [3.8, 4) is 0 Å². The van der Waals surface area contributed by atoms with E-state index in [0.717, 1.165) is 11.8 Å². The Morgan fingerprint density at radius 2 is 2.17 bits per heavy atom. The molecule has 0 heterocycles. The molecule has 12 heavy (non-hydrogen) atoms. The number of aliphatic hydroxyl groups excluding tert-OH is 1. The summed E-state index contributed by atoms with van der Waals surface area (Å²) in [5.74, 6) is 2.33. The van der Waals surface area contributed by atoms with Gasteiger partial charge in [0.1, 0.15) is 0 Å². The second kappa shape index (κ2) is 2.71. The summed E-state index contributed by atoms with van der Waals surface area (Å²) < 4.78 is 0. The van der Waals surface area contributed by atoms with E-state index in [4.69, 9.17) is 10.8 Å². The number of aliphatic hydroxyl groups is 1. The largest absolute Gasteiger partial charge is 0.394 e. The van der Waals surface area contributed by atoms with Gasteiger partial charge in [-0.2, -0.15) is 0 Å². The van der Waals surface area contributed by atoms with Gasteiger partial charge in [0, 0.05) is 5.54 Å². The molecule has 0 spiro atoms. The highest BCUT2D eigenvalue weighted by molar-refractivity contribution is 5.00. The maximum atomic E-state index is 9.16. The van der Waals surface area contributed by atoms with Gasteiger partial charge < -0.3 is 10.8 Å². The second-order valence-electron chi connectivity index (χ2n) is 4.95. The fraction of sp³-hybridized carbons (Fsp3) is 1.00. The molecule has 0 aromatic carbocycles. The molecular formula is C10H19NO. The minimum Gasteiger partial charge on any atom is -0.394 e. The Bertz CT molecular complexity index is 179. The van der Waals surface area contributed by atoms with Crippen molar-refractivity contribution in [2.24, 2.45) is 23.5 Å². The molecule has 0 aromatic heterocycles. The molecule has 4 atom stereocenters. The minimum atomic E-state index is -0.320. The molecule has 0 aliphatic heterocycles. The summed E-state index contributed by atoms with van der Waals surface area (Å²) in [7, 11) is 0. The van der Waals surface area contributed by atoms with E-state index in [-0.39, 0.29) is 12.1 Å². The van der Waals surface area contributed by atoms with Crippen molar-refractivity contribution in [1.29, 1.82) is 0 Å². The fourth-order valence-electron chi connectivity index (χ4n) is 3.17. The van der Waals surface area contributed by atoms with Crippen molar-refractivity contribution in [1.82, 2.24) is 0 Å². The number of rotatable bonds is 2. The third-order valence-corrected chi connectivity index (χ3v) is 3.93. The molecule has 2 rings (SSSR count). The van der Waals surface area contributed by atoms with Crippen LogP contribution in [-0.2, 0) is 0 Å². The van der Waals surface area contributed by atoms with Crippen molar-refractivity contribution in [3.63, 3.8) is 0 Å². The van der Waals surface area contributed by atoms with Gasteiger partial charge in [-0.05, 0) is 43.9 Å². The second-order valence-corrected chi connectivity index (χ2v) is 4.95. The summed E-state index contributed by atoms with van der Waals surface area (Å²) in [6.45, 7) is 2.14. The third kappa shape index (κ3) is 1.17. The predicted molar refractivity (Wildman–Crippen MR) is 48.6 cm³/mol. The molecule has 2 saturated carbocycles. The van der Waals surface area contributed by atoms with Crippen LogP contribution in [0.15, 0.2) is 0 Å². The van der Waals surface area contributed by atoms with Crippen molar-refractivity contribution < 1.29 is 5.11 Å². The minimum absolute atomic E-state index is 0.140. The molecule has 2 fully saturated rings. The summed E-state index contributed by atoms with van der Waals surface area (Å²) in [5, 5.41) is 9.16. The van der Waals surface area contributed by atoms with Crippen LogP contribution in [0.5, 0.6) is 0 Å². The van der Waals surface area contributed by atoms with E-state index < -0.39 is 0 Å². The summed E-state index contributed by atoms with van der Waals surface area (Å²) in [6, 6.07) is 0. The van der Waals surface area contributed by atoms with E-state index in [1.165, 1.54) is 25.7 Å². The molecule has 2 heteroatoms. The van der Waals surface area contributed by atoms with Crippen LogP contribution in [0.3, 0.4) is 0 Å². The van der Waals surface area contributed by atoms with E-state index in [1.54, 1.807) is 0 Å². The first-order valence-electron chi connectivity index (χ1n) is 5.03. The Hall–Kier alpha value is -0.0800. The molecule has 0 amide bonds. The van der Waals surface area contributed by atoms with Crippen molar-refractivity contribution >= 4 is 0 Å². The lowest BCUT2D eigenvalue weighted by molar-refractivity contribution is 0.118. The third-order valence-electron chi connectivity index (χ3n) is 3.93. The van der Waals surface area contributed by atoms with Crippen molar-refractivity contribution in [2.75, 3.05) is 6.61 Å². The smallest absolute Gasteiger partial charge is 0.0611 e. The van der Waals surface area contributed by atoms with Crippen LogP contribution >= 0.6 is 0 Å². The first kappa shape index (κ1) is 8.52. The van der Waals surface area contributed by atoms with Crippen LogP contribution in [-0.4, -0.2) is 17.3 Å². The first-order valence-corrected chi connectivity index (χ1v) is 5.03. The highest BCUT2D eigenvalue weighted by atomic mass is 16.3. The van der Waals surface area contributed by atoms with Gasteiger partial charge in [0.15, 0.2) is 0 Å². The van der Waals surface area contributed by atoms with Crippen molar-refractivity contribution in [3.05, 3.63) is 0 Å². The molecule has 70 valence electrons. The summed E-state index contributed by atoms with van der Waals surface area (Å²) >= 11 is 0. The zero-order valence-electron chi connectivity index (χ0n) is 7.79. The van der Waals surface area contributed by atoms with E-state index in [2.05, 4.69) is 0 Å².